The molecular weight excluding hydrogens is 338 g/mol. The van der Waals surface area contributed by atoms with Crippen LogP contribution in [0.25, 0.3) is 28.1 Å². The number of carbonyl (C=O) groups excluding carboxylic acids is 1. The Labute approximate surface area is 156 Å². The van der Waals surface area contributed by atoms with Crippen molar-refractivity contribution >= 4 is 39.7 Å². The molecule has 0 aliphatic carbocycles. The lowest BCUT2D eigenvalue weighted by Crippen LogP contribution is -2.10. The molecule has 5 heteroatoms. The predicted octanol–water partition coefficient (Wildman–Crippen LogP) is 4.44. The van der Waals surface area contributed by atoms with E-state index < -0.39 is 0 Å². The molecule has 1 aromatic heterocycles. The van der Waals surface area contributed by atoms with Gasteiger partial charge in [-0.1, -0.05) is 42.5 Å². The van der Waals surface area contributed by atoms with Crippen LogP contribution in [-0.2, 0) is 4.79 Å². The van der Waals surface area contributed by atoms with E-state index in [-0.39, 0.29) is 5.91 Å². The molecule has 0 spiro atoms. The van der Waals surface area contributed by atoms with Gasteiger partial charge in [0.25, 0.3) is 0 Å². The average molecular weight is 355 g/mol. The summed E-state index contributed by atoms with van der Waals surface area (Å²) in [6, 6.07) is 20.9. The number of nitrogens with one attached hydrogen (secondary N) is 1. The van der Waals surface area contributed by atoms with Crippen LogP contribution >= 0.6 is 0 Å². The highest BCUT2D eigenvalue weighted by Gasteiger charge is 2.13. The van der Waals surface area contributed by atoms with E-state index in [2.05, 4.69) is 15.3 Å². The van der Waals surface area contributed by atoms with E-state index in [1.54, 1.807) is 19.3 Å². The average Bonchev–Trinajstić information content (AvgIpc) is 2.72. The Kier molecular flexibility index (Phi) is 4.49. The molecule has 0 saturated heterocycles. The highest BCUT2D eigenvalue weighted by atomic mass is 16.5. The maximum atomic E-state index is 12.5. The molecule has 0 aliphatic heterocycles. The monoisotopic (exact) mass is 355 g/mol. The Bertz CT molecular complexity index is 1150. The van der Waals surface area contributed by atoms with Gasteiger partial charge in [-0.15, -0.1) is 0 Å². The molecule has 3 aromatic carbocycles. The summed E-state index contributed by atoms with van der Waals surface area (Å²) in [5.74, 6) is 0.271. The van der Waals surface area contributed by atoms with Crippen molar-refractivity contribution in [3.05, 3.63) is 78.4 Å². The highest BCUT2D eigenvalue weighted by molar-refractivity contribution is 6.08. The minimum Gasteiger partial charge on any atom is -0.494 e. The Morgan fingerprint density at radius 3 is 2.33 bits per heavy atom. The van der Waals surface area contributed by atoms with Crippen molar-refractivity contribution in [2.45, 2.75) is 0 Å². The molecule has 4 rings (SSSR count). The van der Waals surface area contributed by atoms with Crippen LogP contribution < -0.4 is 10.1 Å². The first kappa shape index (κ1) is 16.7. The molecule has 27 heavy (non-hydrogen) atoms. The number of ether oxygens (including phenoxy) is 1. The molecular formula is C22H17N3O2. The summed E-state index contributed by atoms with van der Waals surface area (Å²) in [5, 5.41) is 2.89. The lowest BCUT2D eigenvalue weighted by atomic mass is 10.2. The van der Waals surface area contributed by atoms with Gasteiger partial charge in [0.2, 0.25) is 5.91 Å². The van der Waals surface area contributed by atoms with Crippen molar-refractivity contribution in [3.63, 3.8) is 0 Å². The molecule has 1 amide bonds. The van der Waals surface area contributed by atoms with Crippen LogP contribution in [0.1, 0.15) is 5.56 Å². The summed E-state index contributed by atoms with van der Waals surface area (Å²) in [5.41, 5.74) is 4.30. The van der Waals surface area contributed by atoms with Gasteiger partial charge in [0.15, 0.2) is 0 Å². The van der Waals surface area contributed by atoms with Crippen LogP contribution in [-0.4, -0.2) is 23.0 Å². The van der Waals surface area contributed by atoms with Gasteiger partial charge < -0.3 is 10.1 Å². The van der Waals surface area contributed by atoms with Crippen LogP contribution in [0.15, 0.2) is 72.8 Å². The molecule has 0 bridgehead atoms. The number of para-hydroxylation sites is 2. The molecule has 0 fully saturated rings. The second-order valence-corrected chi connectivity index (χ2v) is 5.96. The third-order valence-corrected chi connectivity index (χ3v) is 4.17. The molecule has 0 radical (unpaired) electrons. The minimum atomic E-state index is -0.264. The van der Waals surface area contributed by atoms with Gasteiger partial charge in [-0.25, -0.2) is 9.97 Å². The van der Waals surface area contributed by atoms with Crippen LogP contribution in [0, 0.1) is 0 Å². The zero-order valence-electron chi connectivity index (χ0n) is 14.7. The van der Waals surface area contributed by atoms with E-state index in [1.165, 1.54) is 6.08 Å². The fourth-order valence-corrected chi connectivity index (χ4v) is 2.86. The van der Waals surface area contributed by atoms with Crippen molar-refractivity contribution < 1.29 is 9.53 Å². The summed E-state index contributed by atoms with van der Waals surface area (Å²) >= 11 is 0. The number of anilines is 1. The van der Waals surface area contributed by atoms with E-state index in [4.69, 9.17) is 4.74 Å². The topological polar surface area (TPSA) is 64.1 Å². The number of methoxy groups -OCH3 is 1. The van der Waals surface area contributed by atoms with E-state index in [9.17, 15) is 4.79 Å². The number of aromatic nitrogens is 2. The normalized spacial score (nSPS) is 11.1. The van der Waals surface area contributed by atoms with Crippen molar-refractivity contribution in [2.24, 2.45) is 0 Å². The summed E-state index contributed by atoms with van der Waals surface area (Å²) < 4.78 is 5.42. The molecule has 4 aromatic rings. The number of hydrogen-bond acceptors (Lipinski definition) is 4. The van der Waals surface area contributed by atoms with Crippen LogP contribution in [0.3, 0.4) is 0 Å². The predicted molar refractivity (Wildman–Crippen MR) is 108 cm³/mol. The van der Waals surface area contributed by atoms with Gasteiger partial charge in [-0.2, -0.15) is 0 Å². The number of rotatable bonds is 4. The van der Waals surface area contributed by atoms with E-state index in [0.717, 1.165) is 16.6 Å². The smallest absolute Gasteiger partial charge is 0.248 e. The van der Waals surface area contributed by atoms with E-state index in [1.807, 2.05) is 60.7 Å². The molecule has 0 saturated carbocycles. The SMILES string of the molecule is COc1ccc2nc3ccccc3nc2c1NC(=O)/C=C/c1ccccc1. The molecule has 0 unspecified atom stereocenters. The highest BCUT2D eigenvalue weighted by Crippen LogP contribution is 2.32. The van der Waals surface area contributed by atoms with Gasteiger partial charge in [0.1, 0.15) is 17.0 Å². The van der Waals surface area contributed by atoms with Gasteiger partial charge in [-0.3, -0.25) is 4.79 Å². The number of carbonyl (C=O) groups is 1. The standard InChI is InChI=1S/C22H17N3O2/c1-27-19-13-12-18-21(24-17-10-6-5-9-16(17)23-18)22(19)25-20(26)14-11-15-7-3-2-4-8-15/h2-14H,1H3,(H,25,26)/b14-11+. The Morgan fingerprint density at radius 1 is 0.889 bits per heavy atom. The first-order valence-electron chi connectivity index (χ1n) is 8.52. The number of amides is 1. The molecule has 132 valence electrons. The van der Waals surface area contributed by atoms with Crippen molar-refractivity contribution in [1.82, 2.24) is 9.97 Å². The van der Waals surface area contributed by atoms with Gasteiger partial charge >= 0.3 is 0 Å². The van der Waals surface area contributed by atoms with Crippen LogP contribution in [0.2, 0.25) is 0 Å². The molecule has 0 aliphatic rings. The zero-order valence-corrected chi connectivity index (χ0v) is 14.7. The Morgan fingerprint density at radius 2 is 1.59 bits per heavy atom. The number of nitrogens with zero attached hydrogens (tertiary/aromatic N) is 2. The third-order valence-electron chi connectivity index (χ3n) is 4.17. The second kappa shape index (κ2) is 7.25. The maximum Gasteiger partial charge on any atom is 0.248 e. The minimum absolute atomic E-state index is 0.264. The zero-order chi connectivity index (χ0) is 18.6. The summed E-state index contributed by atoms with van der Waals surface area (Å²) in [6.07, 6.45) is 3.25. The first-order chi connectivity index (χ1) is 13.2. The third kappa shape index (κ3) is 3.48. The van der Waals surface area contributed by atoms with Crippen molar-refractivity contribution in [3.8, 4) is 5.75 Å². The maximum absolute atomic E-state index is 12.5. The van der Waals surface area contributed by atoms with Gasteiger partial charge in [0, 0.05) is 6.08 Å². The lowest BCUT2D eigenvalue weighted by Gasteiger charge is -2.12. The van der Waals surface area contributed by atoms with Crippen molar-refractivity contribution in [1.29, 1.82) is 0 Å². The fraction of sp³-hybridized carbons (Fsp3) is 0.0455. The number of fused-ring (bicyclic) bond motifs is 2. The van der Waals surface area contributed by atoms with Crippen LogP contribution in [0.5, 0.6) is 5.75 Å². The molecule has 5 nitrogen and oxygen atoms in total. The van der Waals surface area contributed by atoms with Crippen LogP contribution in [0.4, 0.5) is 5.69 Å². The quantitative estimate of drug-likeness (QED) is 0.434. The van der Waals surface area contributed by atoms with Gasteiger partial charge in [-0.05, 0) is 35.9 Å². The number of benzene rings is 3. The largest absolute Gasteiger partial charge is 0.494 e. The molecule has 1 N–H and O–H groups in total. The summed E-state index contributed by atoms with van der Waals surface area (Å²) in [6.45, 7) is 0. The van der Waals surface area contributed by atoms with Gasteiger partial charge in [0.05, 0.1) is 23.7 Å². The van der Waals surface area contributed by atoms with E-state index >= 15 is 0 Å². The lowest BCUT2D eigenvalue weighted by molar-refractivity contribution is -0.111. The Balaban J connectivity index is 1.73. The summed E-state index contributed by atoms with van der Waals surface area (Å²) in [4.78, 5) is 21.8. The molecule has 0 atom stereocenters. The van der Waals surface area contributed by atoms with E-state index in [0.29, 0.717) is 22.5 Å². The first-order valence-corrected chi connectivity index (χ1v) is 8.52. The second-order valence-electron chi connectivity index (χ2n) is 5.96. The van der Waals surface area contributed by atoms with Crippen molar-refractivity contribution in [2.75, 3.05) is 12.4 Å². The Hall–Kier alpha value is -3.73. The summed E-state index contributed by atoms with van der Waals surface area (Å²) in [7, 11) is 1.56. The molecule has 1 heterocycles. The fourth-order valence-electron chi connectivity index (χ4n) is 2.86. The number of hydrogen-bond donors (Lipinski definition) is 1.